The van der Waals surface area contributed by atoms with Crippen LogP contribution in [-0.4, -0.2) is 67.8 Å². The van der Waals surface area contributed by atoms with Gasteiger partial charge in [-0.3, -0.25) is 4.79 Å². The average molecular weight is 795 g/mol. The van der Waals surface area contributed by atoms with Crippen molar-refractivity contribution in [1.82, 2.24) is 10.2 Å². The van der Waals surface area contributed by atoms with E-state index in [1.54, 1.807) is 0 Å². The van der Waals surface area contributed by atoms with Crippen LogP contribution < -0.4 is 15.5 Å². The molecule has 9 nitrogen and oxygen atoms in total. The number of nitrogens with zero attached hydrogens (tertiary/aromatic N) is 4. The molecule has 0 saturated carbocycles. The van der Waals surface area contributed by atoms with Crippen LogP contribution >= 0.6 is 0 Å². The van der Waals surface area contributed by atoms with Crippen LogP contribution in [0.15, 0.2) is 144 Å². The first-order chi connectivity index (χ1) is 28.5. The number of carbonyl (C=O) groups excluding carboxylic acids is 1. The number of likely N-dealkylation sites (tertiary alicyclic amines) is 1. The lowest BCUT2D eigenvalue weighted by atomic mass is 9.72. The van der Waals surface area contributed by atoms with E-state index < -0.39 is 17.1 Å². The number of hydrogen-bond acceptors (Lipinski definition) is 8. The second kappa shape index (κ2) is 20.6. The molecule has 5 aromatic carbocycles. The Hall–Kier alpha value is -5.35. The van der Waals surface area contributed by atoms with Crippen molar-refractivity contribution in [2.75, 3.05) is 57.0 Å². The van der Waals surface area contributed by atoms with Gasteiger partial charge in [0.2, 0.25) is 5.91 Å². The largest absolute Gasteiger partial charge is 0.388 e. The summed E-state index contributed by atoms with van der Waals surface area (Å²) in [6.07, 6.45) is 4.58. The molecule has 0 aliphatic carbocycles. The van der Waals surface area contributed by atoms with Gasteiger partial charge in [-0.25, -0.2) is 0 Å². The molecule has 1 amide bonds. The number of hydrogen-bond donors (Lipinski definition) is 4. The van der Waals surface area contributed by atoms with Gasteiger partial charge in [0.1, 0.15) is 5.60 Å². The number of rotatable bonds is 19. The van der Waals surface area contributed by atoms with Gasteiger partial charge >= 0.3 is 0 Å². The van der Waals surface area contributed by atoms with Gasteiger partial charge in [0, 0.05) is 38.6 Å². The van der Waals surface area contributed by atoms with E-state index in [9.17, 15) is 15.0 Å². The molecule has 6 rings (SSSR count). The Morgan fingerprint density at radius 2 is 1.27 bits per heavy atom. The molecule has 59 heavy (non-hydrogen) atoms. The Morgan fingerprint density at radius 1 is 0.729 bits per heavy atom. The summed E-state index contributed by atoms with van der Waals surface area (Å²) in [6.45, 7) is 8.05. The van der Waals surface area contributed by atoms with E-state index in [2.05, 4.69) is 25.8 Å². The Balaban J connectivity index is 0.871. The van der Waals surface area contributed by atoms with Crippen LogP contribution in [-0.2, 0) is 15.8 Å². The van der Waals surface area contributed by atoms with Crippen LogP contribution in [0.3, 0.4) is 0 Å². The van der Waals surface area contributed by atoms with Crippen LogP contribution in [0.4, 0.5) is 22.7 Å². The van der Waals surface area contributed by atoms with E-state index in [0.29, 0.717) is 13.0 Å². The van der Waals surface area contributed by atoms with Crippen LogP contribution in [0.25, 0.3) is 0 Å². The topological polar surface area (TPSA) is 113 Å². The molecule has 5 aromatic rings. The first-order valence-electron chi connectivity index (χ1n) is 21.2. The van der Waals surface area contributed by atoms with E-state index in [0.717, 1.165) is 103 Å². The number of aliphatic hydroxyl groups excluding tert-OH is 1. The third-order valence-corrected chi connectivity index (χ3v) is 11.9. The predicted octanol–water partition coefficient (Wildman–Crippen LogP) is 9.92. The normalized spacial score (nSPS) is 14.6. The number of amides is 1. The summed E-state index contributed by atoms with van der Waals surface area (Å²) in [4.78, 5) is 17.8. The highest BCUT2D eigenvalue weighted by molar-refractivity contribution is 5.87. The molecule has 1 fully saturated rings. The van der Waals surface area contributed by atoms with E-state index >= 15 is 0 Å². The second-order valence-corrected chi connectivity index (χ2v) is 16.6. The maximum Gasteiger partial charge on any atom is 0.230 e. The summed E-state index contributed by atoms with van der Waals surface area (Å²) in [6, 6.07) is 43.9. The summed E-state index contributed by atoms with van der Waals surface area (Å²) in [5.74, 6) is 0.117. The lowest BCUT2D eigenvalue weighted by Crippen LogP contribution is -2.44. The van der Waals surface area contributed by atoms with Gasteiger partial charge in [-0.15, -0.1) is 0 Å². The van der Waals surface area contributed by atoms with Gasteiger partial charge in [0.05, 0.1) is 22.9 Å². The maximum absolute atomic E-state index is 13.3. The highest BCUT2D eigenvalue weighted by atomic mass is 16.3. The van der Waals surface area contributed by atoms with Crippen LogP contribution in [0.2, 0.25) is 0 Å². The molecule has 1 saturated heterocycles. The number of nitrogens with one attached hydrogen (secondary N) is 2. The number of aliphatic hydroxyl groups is 2. The number of piperidine rings is 1. The number of azo groups is 1. The Labute approximate surface area is 351 Å². The number of anilines is 2. The van der Waals surface area contributed by atoms with Crippen LogP contribution in [0.1, 0.15) is 80.7 Å². The number of carbonyl (C=O) groups is 1. The van der Waals surface area contributed by atoms with Crippen molar-refractivity contribution in [3.63, 3.8) is 0 Å². The summed E-state index contributed by atoms with van der Waals surface area (Å²) >= 11 is 0. The van der Waals surface area contributed by atoms with Crippen molar-refractivity contribution in [3.05, 3.63) is 156 Å². The quantitative estimate of drug-likeness (QED) is 0.0489. The second-order valence-electron chi connectivity index (χ2n) is 16.6. The lowest BCUT2D eigenvalue weighted by molar-refractivity contribution is -0.125. The molecule has 0 radical (unpaired) electrons. The van der Waals surface area contributed by atoms with Crippen molar-refractivity contribution < 1.29 is 15.0 Å². The van der Waals surface area contributed by atoms with Crippen molar-refractivity contribution in [2.45, 2.75) is 69.5 Å². The molecule has 1 atom stereocenters. The smallest absolute Gasteiger partial charge is 0.230 e. The molecule has 4 N–H and O–H groups in total. The minimum atomic E-state index is -1.02. The third-order valence-electron chi connectivity index (χ3n) is 11.9. The Morgan fingerprint density at radius 3 is 1.83 bits per heavy atom. The number of unbranched alkanes of at least 4 members (excludes halogenated alkanes) is 1. The van der Waals surface area contributed by atoms with E-state index in [4.69, 9.17) is 0 Å². The molecular formula is C50H62N6O3. The Bertz CT molecular complexity index is 2010. The van der Waals surface area contributed by atoms with Gasteiger partial charge in [0.25, 0.3) is 0 Å². The van der Waals surface area contributed by atoms with Gasteiger partial charge in [-0.2, -0.15) is 10.2 Å². The van der Waals surface area contributed by atoms with Gasteiger partial charge in [0.15, 0.2) is 0 Å². The lowest BCUT2D eigenvalue weighted by Gasteiger charge is -2.42. The molecule has 1 unspecified atom stereocenters. The fraction of sp³-hybridized carbons (Fsp3) is 0.380. The molecule has 0 bridgehead atoms. The third kappa shape index (κ3) is 11.4. The van der Waals surface area contributed by atoms with Crippen molar-refractivity contribution >= 4 is 28.7 Å². The molecule has 1 heterocycles. The summed E-state index contributed by atoms with van der Waals surface area (Å²) in [5, 5.41) is 38.5. The summed E-state index contributed by atoms with van der Waals surface area (Å²) in [7, 11) is 4.02. The van der Waals surface area contributed by atoms with E-state index in [1.807, 2.05) is 166 Å². The first-order valence-corrected chi connectivity index (χ1v) is 21.2. The fourth-order valence-corrected chi connectivity index (χ4v) is 8.01. The number of benzene rings is 5. The monoisotopic (exact) mass is 794 g/mol. The maximum atomic E-state index is 13.3. The SMILES string of the molecule is CN(C)c1ccc(/N=N/c2ccc(NCCCCNC(=O)C(C)(C)c3ccc(C(O)CCCN4CCC(C(O)(c5ccccc5)c5ccccc5)CC4)cc3)cc2)cc1. The summed E-state index contributed by atoms with van der Waals surface area (Å²) in [5.41, 5.74) is 5.72. The van der Waals surface area contributed by atoms with Crippen LogP contribution in [0, 0.1) is 5.92 Å². The molecule has 310 valence electrons. The summed E-state index contributed by atoms with van der Waals surface area (Å²) < 4.78 is 0. The zero-order valence-electron chi connectivity index (χ0n) is 35.2. The first kappa shape index (κ1) is 43.2. The molecule has 0 aromatic heterocycles. The van der Waals surface area contributed by atoms with Crippen molar-refractivity contribution in [2.24, 2.45) is 16.1 Å². The average Bonchev–Trinajstić information content (AvgIpc) is 3.27. The predicted molar refractivity (Wildman–Crippen MR) is 241 cm³/mol. The van der Waals surface area contributed by atoms with E-state index in [1.165, 1.54) is 0 Å². The standard InChI is InChI=1S/C50H62N6O3/c1-49(2,48(58)52-34-12-11-33-51-43-23-25-44(26-24-43)53-54-45-27-29-46(30-28-45)55(3)4)39-21-19-38(20-22-39)47(57)18-13-35-56-36-31-42(32-37-56)50(59,40-14-7-5-8-15-40)41-16-9-6-10-17-41/h5-10,14-17,19-30,42,47,51,57,59H,11-13,18,31-37H2,1-4H3,(H,52,58)/b54-53+. The zero-order chi connectivity index (χ0) is 41.7. The molecule has 1 aliphatic heterocycles. The zero-order valence-corrected chi connectivity index (χ0v) is 35.2. The van der Waals surface area contributed by atoms with Gasteiger partial charge < -0.3 is 30.6 Å². The molecule has 0 spiro atoms. The van der Waals surface area contributed by atoms with Gasteiger partial charge in [-0.05, 0) is 149 Å². The minimum absolute atomic E-state index is 0.00750. The van der Waals surface area contributed by atoms with Gasteiger partial charge in [-0.1, -0.05) is 84.9 Å². The van der Waals surface area contributed by atoms with E-state index in [-0.39, 0.29) is 11.8 Å². The molecular weight excluding hydrogens is 733 g/mol. The van der Waals surface area contributed by atoms with Crippen LogP contribution in [0.5, 0.6) is 0 Å². The highest BCUT2D eigenvalue weighted by Crippen LogP contribution is 2.42. The minimum Gasteiger partial charge on any atom is -0.388 e. The molecule has 9 heteroatoms. The highest BCUT2D eigenvalue weighted by Gasteiger charge is 2.41. The van der Waals surface area contributed by atoms with Crippen molar-refractivity contribution in [1.29, 1.82) is 0 Å². The van der Waals surface area contributed by atoms with Crippen molar-refractivity contribution in [3.8, 4) is 0 Å². The Kier molecular flexibility index (Phi) is 15.1. The molecule has 1 aliphatic rings. The fourth-order valence-electron chi connectivity index (χ4n) is 8.01.